The van der Waals surface area contributed by atoms with Crippen molar-refractivity contribution < 1.29 is 0 Å². The van der Waals surface area contributed by atoms with E-state index in [9.17, 15) is 0 Å². The van der Waals surface area contributed by atoms with Gasteiger partial charge in [0.05, 0.1) is 5.69 Å². The average Bonchev–Trinajstić information content (AvgIpc) is 3.32. The second-order valence-corrected chi connectivity index (χ2v) is 6.86. The zero-order valence-corrected chi connectivity index (χ0v) is 15.5. The van der Waals surface area contributed by atoms with Gasteiger partial charge in [0.2, 0.25) is 5.95 Å². The molecule has 6 heteroatoms. The maximum absolute atomic E-state index is 4.60. The van der Waals surface area contributed by atoms with E-state index in [2.05, 4.69) is 73.9 Å². The van der Waals surface area contributed by atoms with Gasteiger partial charge in [-0.25, -0.2) is 4.98 Å². The molecule has 0 spiro atoms. The number of aromatic nitrogens is 4. The molecule has 0 unspecified atom stereocenters. The van der Waals surface area contributed by atoms with E-state index in [1.807, 2.05) is 24.4 Å². The lowest BCUT2D eigenvalue weighted by Crippen LogP contribution is -2.04. The Bertz CT molecular complexity index is 1270. The van der Waals surface area contributed by atoms with E-state index < -0.39 is 0 Å². The third-order valence-electron chi connectivity index (χ3n) is 4.79. The van der Waals surface area contributed by atoms with Gasteiger partial charge < -0.3 is 20.6 Å². The van der Waals surface area contributed by atoms with Crippen LogP contribution in [0.15, 0.2) is 67.0 Å². The SMILES string of the molecule is Cc1cc2c(Nc3nccc(NCc4ccc5[nH]ccc5c4)n3)cccc2[nH]1. The van der Waals surface area contributed by atoms with Crippen LogP contribution in [0.2, 0.25) is 0 Å². The minimum absolute atomic E-state index is 0.567. The summed E-state index contributed by atoms with van der Waals surface area (Å²) in [6.45, 7) is 2.75. The minimum Gasteiger partial charge on any atom is -0.366 e. The van der Waals surface area contributed by atoms with Gasteiger partial charge in [0.15, 0.2) is 0 Å². The van der Waals surface area contributed by atoms with Gasteiger partial charge in [-0.2, -0.15) is 4.98 Å². The number of anilines is 3. The summed E-state index contributed by atoms with van der Waals surface area (Å²) in [5.74, 6) is 1.35. The third kappa shape index (κ3) is 3.16. The molecule has 0 aliphatic heterocycles. The van der Waals surface area contributed by atoms with E-state index in [1.54, 1.807) is 6.20 Å². The molecule has 0 radical (unpaired) electrons. The van der Waals surface area contributed by atoms with Crippen molar-refractivity contribution in [3.05, 3.63) is 78.2 Å². The fraction of sp³-hybridized carbons (Fsp3) is 0.0909. The quantitative estimate of drug-likeness (QED) is 0.348. The van der Waals surface area contributed by atoms with Crippen molar-refractivity contribution in [2.24, 2.45) is 0 Å². The molecule has 0 aliphatic carbocycles. The molecule has 2 aromatic carbocycles. The topological polar surface area (TPSA) is 81.4 Å². The number of nitrogens with zero attached hydrogens (tertiary/aromatic N) is 2. The molecule has 0 atom stereocenters. The van der Waals surface area contributed by atoms with E-state index in [0.717, 1.165) is 33.6 Å². The standard InChI is InChI=1S/C22H20N6/c1-14-11-17-19(26-14)3-2-4-20(17)27-22-24-10-8-21(28-22)25-13-15-5-6-18-16(12-15)7-9-23-18/h2-12,23,26H,13H2,1H3,(H2,24,25,27,28). The van der Waals surface area contributed by atoms with Crippen LogP contribution in [0.3, 0.4) is 0 Å². The van der Waals surface area contributed by atoms with Crippen molar-refractivity contribution in [3.63, 3.8) is 0 Å². The van der Waals surface area contributed by atoms with E-state index >= 15 is 0 Å². The zero-order valence-electron chi connectivity index (χ0n) is 15.5. The molecule has 4 N–H and O–H groups in total. The van der Waals surface area contributed by atoms with Crippen LogP contribution in [0.1, 0.15) is 11.3 Å². The highest BCUT2D eigenvalue weighted by atomic mass is 15.1. The van der Waals surface area contributed by atoms with Crippen molar-refractivity contribution in [1.29, 1.82) is 0 Å². The van der Waals surface area contributed by atoms with Crippen molar-refractivity contribution >= 4 is 39.3 Å². The van der Waals surface area contributed by atoms with E-state index in [-0.39, 0.29) is 0 Å². The number of fused-ring (bicyclic) bond motifs is 2. The number of H-pyrrole nitrogens is 2. The smallest absolute Gasteiger partial charge is 0.229 e. The Morgan fingerprint density at radius 2 is 1.96 bits per heavy atom. The second-order valence-electron chi connectivity index (χ2n) is 6.86. The Kier molecular flexibility index (Phi) is 3.94. The molecule has 0 saturated carbocycles. The Hall–Kier alpha value is -3.80. The van der Waals surface area contributed by atoms with Crippen LogP contribution in [0, 0.1) is 6.92 Å². The lowest BCUT2D eigenvalue weighted by Gasteiger charge is -2.09. The van der Waals surface area contributed by atoms with Crippen LogP contribution in [-0.4, -0.2) is 19.9 Å². The molecule has 0 aliphatic rings. The molecule has 0 fully saturated rings. The summed E-state index contributed by atoms with van der Waals surface area (Å²) in [5, 5.41) is 9.05. The first-order valence-corrected chi connectivity index (χ1v) is 9.23. The van der Waals surface area contributed by atoms with Crippen LogP contribution in [-0.2, 0) is 6.54 Å². The van der Waals surface area contributed by atoms with E-state index in [1.165, 1.54) is 10.9 Å². The maximum atomic E-state index is 4.60. The fourth-order valence-corrected chi connectivity index (χ4v) is 3.45. The predicted molar refractivity (Wildman–Crippen MR) is 114 cm³/mol. The first-order valence-electron chi connectivity index (χ1n) is 9.23. The van der Waals surface area contributed by atoms with E-state index in [0.29, 0.717) is 12.5 Å². The molecule has 0 bridgehead atoms. The molecule has 6 nitrogen and oxygen atoms in total. The first-order chi connectivity index (χ1) is 13.7. The lowest BCUT2D eigenvalue weighted by atomic mass is 10.1. The van der Waals surface area contributed by atoms with Gasteiger partial charge in [-0.1, -0.05) is 12.1 Å². The molecule has 28 heavy (non-hydrogen) atoms. The number of benzene rings is 2. The number of aryl methyl sites for hydroxylation is 1. The summed E-state index contributed by atoms with van der Waals surface area (Å²) < 4.78 is 0. The summed E-state index contributed by atoms with van der Waals surface area (Å²) in [6, 6.07) is 18.6. The third-order valence-corrected chi connectivity index (χ3v) is 4.79. The van der Waals surface area contributed by atoms with Crippen molar-refractivity contribution in [3.8, 4) is 0 Å². The van der Waals surface area contributed by atoms with Crippen molar-refractivity contribution in [1.82, 2.24) is 19.9 Å². The number of hydrogen-bond acceptors (Lipinski definition) is 4. The van der Waals surface area contributed by atoms with Crippen LogP contribution in [0.5, 0.6) is 0 Å². The largest absolute Gasteiger partial charge is 0.366 e. The van der Waals surface area contributed by atoms with Crippen LogP contribution in [0.25, 0.3) is 21.8 Å². The molecule has 0 amide bonds. The summed E-state index contributed by atoms with van der Waals surface area (Å²) in [7, 11) is 0. The van der Waals surface area contributed by atoms with Crippen molar-refractivity contribution in [2.75, 3.05) is 10.6 Å². The van der Waals surface area contributed by atoms with Crippen molar-refractivity contribution in [2.45, 2.75) is 13.5 Å². The molecule has 0 saturated heterocycles. The summed E-state index contributed by atoms with van der Waals surface area (Å²) in [5.41, 5.74) is 5.55. The van der Waals surface area contributed by atoms with Gasteiger partial charge >= 0.3 is 0 Å². The van der Waals surface area contributed by atoms with Crippen LogP contribution >= 0.6 is 0 Å². The highest BCUT2D eigenvalue weighted by Gasteiger charge is 2.06. The number of rotatable bonds is 5. The minimum atomic E-state index is 0.567. The summed E-state index contributed by atoms with van der Waals surface area (Å²) >= 11 is 0. The van der Waals surface area contributed by atoms with Crippen LogP contribution < -0.4 is 10.6 Å². The normalized spacial score (nSPS) is 11.2. The van der Waals surface area contributed by atoms with Gasteiger partial charge in [0.1, 0.15) is 5.82 Å². The summed E-state index contributed by atoms with van der Waals surface area (Å²) in [6.07, 6.45) is 3.71. The lowest BCUT2D eigenvalue weighted by molar-refractivity contribution is 1.09. The number of aromatic amines is 2. The van der Waals surface area contributed by atoms with E-state index in [4.69, 9.17) is 0 Å². The Balaban J connectivity index is 1.34. The average molecular weight is 368 g/mol. The first kappa shape index (κ1) is 16.4. The van der Waals surface area contributed by atoms with Gasteiger partial charge in [-0.3, -0.25) is 0 Å². The molecule has 5 rings (SSSR count). The molecular formula is C22H20N6. The Morgan fingerprint density at radius 3 is 2.93 bits per heavy atom. The van der Waals surface area contributed by atoms with Gasteiger partial charge in [-0.15, -0.1) is 0 Å². The Labute approximate surface area is 162 Å². The number of hydrogen-bond donors (Lipinski definition) is 4. The highest BCUT2D eigenvalue weighted by Crippen LogP contribution is 2.26. The number of nitrogens with one attached hydrogen (secondary N) is 4. The van der Waals surface area contributed by atoms with Crippen LogP contribution in [0.4, 0.5) is 17.5 Å². The summed E-state index contributed by atoms with van der Waals surface area (Å²) in [4.78, 5) is 15.5. The predicted octanol–water partition coefficient (Wildman–Crippen LogP) is 5.10. The molecule has 3 heterocycles. The fourth-order valence-electron chi connectivity index (χ4n) is 3.45. The monoisotopic (exact) mass is 368 g/mol. The molecule has 138 valence electrons. The molecular weight excluding hydrogens is 348 g/mol. The molecule has 3 aromatic heterocycles. The van der Waals surface area contributed by atoms with Gasteiger partial charge in [0.25, 0.3) is 0 Å². The highest BCUT2D eigenvalue weighted by molar-refractivity contribution is 5.93. The Morgan fingerprint density at radius 1 is 1.00 bits per heavy atom. The zero-order chi connectivity index (χ0) is 18.9. The van der Waals surface area contributed by atoms with Gasteiger partial charge in [-0.05, 0) is 60.3 Å². The van der Waals surface area contributed by atoms with Gasteiger partial charge in [0, 0.05) is 41.1 Å². The second kappa shape index (κ2) is 6.74. The molecule has 5 aromatic rings. The maximum Gasteiger partial charge on any atom is 0.229 e.